The summed E-state index contributed by atoms with van der Waals surface area (Å²) in [6, 6.07) is 17.9. The van der Waals surface area contributed by atoms with Crippen LogP contribution < -0.4 is 0 Å². The van der Waals surface area contributed by atoms with Crippen molar-refractivity contribution in [3.63, 3.8) is 0 Å². The van der Waals surface area contributed by atoms with Crippen molar-refractivity contribution in [1.29, 1.82) is 0 Å². The van der Waals surface area contributed by atoms with Crippen LogP contribution in [0.5, 0.6) is 0 Å². The van der Waals surface area contributed by atoms with Crippen LogP contribution in [0.3, 0.4) is 0 Å². The number of methoxy groups -OCH3 is 1. The van der Waals surface area contributed by atoms with Gasteiger partial charge in [-0.3, -0.25) is 0 Å². The Bertz CT molecular complexity index is 936. The number of benzene rings is 2. The van der Waals surface area contributed by atoms with Gasteiger partial charge in [0.05, 0.1) is 19.2 Å². The summed E-state index contributed by atoms with van der Waals surface area (Å²) >= 11 is 1.65. The molecule has 5 nitrogen and oxygen atoms in total. The van der Waals surface area contributed by atoms with Crippen molar-refractivity contribution in [3.05, 3.63) is 77.1 Å². The quantitative estimate of drug-likeness (QED) is 0.453. The summed E-state index contributed by atoms with van der Waals surface area (Å²) in [5.41, 5.74) is 2.87. The van der Waals surface area contributed by atoms with Gasteiger partial charge in [0, 0.05) is 11.7 Å². The molecule has 1 aliphatic rings. The number of carbonyl (C=O) groups excluding carboxylic acids is 1. The third kappa shape index (κ3) is 4.22. The van der Waals surface area contributed by atoms with Crippen LogP contribution in [0.1, 0.15) is 46.1 Å². The van der Waals surface area contributed by atoms with Crippen LogP contribution in [0.15, 0.2) is 59.8 Å². The van der Waals surface area contributed by atoms with E-state index >= 15 is 0 Å². The van der Waals surface area contributed by atoms with E-state index in [2.05, 4.69) is 39.0 Å². The zero-order chi connectivity index (χ0) is 18.6. The van der Waals surface area contributed by atoms with Crippen LogP contribution in [0.4, 0.5) is 0 Å². The first-order valence-electron chi connectivity index (χ1n) is 9.01. The van der Waals surface area contributed by atoms with Gasteiger partial charge in [0.1, 0.15) is 5.82 Å². The van der Waals surface area contributed by atoms with Crippen LogP contribution in [0.25, 0.3) is 0 Å². The topological polar surface area (TPSA) is 57.0 Å². The standard InChI is InChI=1S/C21H21N3O2S/c1-26-20(25)18-9-5-8-16(12-18)14-27-21-23-22-19(17-10-11-17)24(21)13-15-6-3-2-4-7-15/h2-9,12,17H,10-11,13-14H2,1H3. The highest BCUT2D eigenvalue weighted by Gasteiger charge is 2.30. The summed E-state index contributed by atoms with van der Waals surface area (Å²) in [6.45, 7) is 0.782. The van der Waals surface area contributed by atoms with Gasteiger partial charge in [0.15, 0.2) is 5.16 Å². The number of thioether (sulfide) groups is 1. The molecule has 2 aromatic carbocycles. The number of ether oxygens (including phenoxy) is 1. The van der Waals surface area contributed by atoms with E-state index in [0.717, 1.165) is 28.8 Å². The van der Waals surface area contributed by atoms with Gasteiger partial charge in [-0.2, -0.15) is 0 Å². The van der Waals surface area contributed by atoms with Crippen molar-refractivity contribution in [3.8, 4) is 0 Å². The van der Waals surface area contributed by atoms with Gasteiger partial charge in [0.25, 0.3) is 0 Å². The Balaban J connectivity index is 1.53. The van der Waals surface area contributed by atoms with Crippen LogP contribution in [0, 0.1) is 0 Å². The minimum absolute atomic E-state index is 0.315. The minimum Gasteiger partial charge on any atom is -0.465 e. The third-order valence-corrected chi connectivity index (χ3v) is 5.63. The molecule has 0 bridgehead atoms. The molecular weight excluding hydrogens is 358 g/mol. The molecule has 1 aromatic heterocycles. The summed E-state index contributed by atoms with van der Waals surface area (Å²) in [4.78, 5) is 11.7. The van der Waals surface area contributed by atoms with E-state index in [-0.39, 0.29) is 5.97 Å². The van der Waals surface area contributed by atoms with Crippen molar-refractivity contribution in [2.45, 2.75) is 36.2 Å². The average Bonchev–Trinajstić information content (AvgIpc) is 3.48. The molecule has 27 heavy (non-hydrogen) atoms. The molecule has 0 atom stereocenters. The van der Waals surface area contributed by atoms with Crippen LogP contribution in [-0.4, -0.2) is 27.8 Å². The SMILES string of the molecule is COC(=O)c1cccc(CSc2nnc(C3CC3)n2Cc2ccccc2)c1. The molecule has 1 fully saturated rings. The van der Waals surface area contributed by atoms with Gasteiger partial charge in [-0.1, -0.05) is 54.2 Å². The van der Waals surface area contributed by atoms with Crippen molar-refractivity contribution in [2.75, 3.05) is 7.11 Å². The molecule has 0 aliphatic heterocycles. The molecule has 0 N–H and O–H groups in total. The first-order valence-corrected chi connectivity index (χ1v) is 10.00. The van der Waals surface area contributed by atoms with Gasteiger partial charge < -0.3 is 9.30 Å². The summed E-state index contributed by atoms with van der Waals surface area (Å²) < 4.78 is 7.04. The van der Waals surface area contributed by atoms with Crippen molar-refractivity contribution in [1.82, 2.24) is 14.8 Å². The molecular formula is C21H21N3O2S. The maximum Gasteiger partial charge on any atom is 0.337 e. The number of nitrogens with zero attached hydrogens (tertiary/aromatic N) is 3. The van der Waals surface area contributed by atoms with Crippen molar-refractivity contribution >= 4 is 17.7 Å². The Morgan fingerprint density at radius 1 is 1.11 bits per heavy atom. The number of rotatable bonds is 7. The Morgan fingerprint density at radius 2 is 1.89 bits per heavy atom. The van der Waals surface area contributed by atoms with E-state index < -0.39 is 0 Å². The average molecular weight is 379 g/mol. The van der Waals surface area contributed by atoms with Crippen LogP contribution in [-0.2, 0) is 17.0 Å². The van der Waals surface area contributed by atoms with Gasteiger partial charge in [-0.15, -0.1) is 10.2 Å². The fraction of sp³-hybridized carbons (Fsp3) is 0.286. The lowest BCUT2D eigenvalue weighted by molar-refractivity contribution is 0.0600. The Hall–Kier alpha value is -2.60. The molecule has 1 heterocycles. The largest absolute Gasteiger partial charge is 0.465 e. The first-order chi connectivity index (χ1) is 13.2. The highest BCUT2D eigenvalue weighted by atomic mass is 32.2. The summed E-state index contributed by atoms with van der Waals surface area (Å²) in [6.07, 6.45) is 2.39. The monoisotopic (exact) mass is 379 g/mol. The van der Waals surface area contributed by atoms with Gasteiger partial charge in [0.2, 0.25) is 0 Å². The van der Waals surface area contributed by atoms with E-state index in [0.29, 0.717) is 11.5 Å². The predicted molar refractivity (Wildman–Crippen MR) is 105 cm³/mol. The van der Waals surface area contributed by atoms with E-state index in [4.69, 9.17) is 4.74 Å². The van der Waals surface area contributed by atoms with E-state index in [1.807, 2.05) is 24.3 Å². The van der Waals surface area contributed by atoms with E-state index in [9.17, 15) is 4.79 Å². The molecule has 1 saturated carbocycles. The highest BCUT2D eigenvalue weighted by molar-refractivity contribution is 7.98. The molecule has 0 radical (unpaired) electrons. The molecule has 3 aromatic rings. The predicted octanol–water partition coefficient (Wildman–Crippen LogP) is 4.28. The molecule has 138 valence electrons. The van der Waals surface area contributed by atoms with E-state index in [1.165, 1.54) is 25.5 Å². The highest BCUT2D eigenvalue weighted by Crippen LogP contribution is 2.40. The van der Waals surface area contributed by atoms with Gasteiger partial charge >= 0.3 is 5.97 Å². The Kier molecular flexibility index (Phi) is 5.25. The second kappa shape index (κ2) is 7.96. The maximum atomic E-state index is 11.7. The fourth-order valence-electron chi connectivity index (χ4n) is 3.02. The fourth-order valence-corrected chi connectivity index (χ4v) is 3.91. The van der Waals surface area contributed by atoms with Crippen molar-refractivity contribution < 1.29 is 9.53 Å². The molecule has 1 aliphatic carbocycles. The second-order valence-corrected chi connectivity index (χ2v) is 7.61. The van der Waals surface area contributed by atoms with Gasteiger partial charge in [-0.25, -0.2) is 4.79 Å². The second-order valence-electron chi connectivity index (χ2n) is 6.67. The lowest BCUT2D eigenvalue weighted by Crippen LogP contribution is -2.06. The summed E-state index contributed by atoms with van der Waals surface area (Å²) in [5, 5.41) is 9.83. The molecule has 6 heteroatoms. The molecule has 0 amide bonds. The summed E-state index contributed by atoms with van der Waals surface area (Å²) in [7, 11) is 1.40. The lowest BCUT2D eigenvalue weighted by Gasteiger charge is -2.10. The zero-order valence-electron chi connectivity index (χ0n) is 15.2. The number of hydrogen-bond donors (Lipinski definition) is 0. The van der Waals surface area contributed by atoms with Gasteiger partial charge in [-0.05, 0) is 36.1 Å². The van der Waals surface area contributed by atoms with Crippen LogP contribution in [0.2, 0.25) is 0 Å². The molecule has 0 saturated heterocycles. The summed E-state index contributed by atoms with van der Waals surface area (Å²) in [5.74, 6) is 2.04. The number of aromatic nitrogens is 3. The third-order valence-electron chi connectivity index (χ3n) is 4.59. The number of hydrogen-bond acceptors (Lipinski definition) is 5. The first kappa shape index (κ1) is 17.8. The Morgan fingerprint density at radius 3 is 2.63 bits per heavy atom. The smallest absolute Gasteiger partial charge is 0.337 e. The normalized spacial score (nSPS) is 13.5. The lowest BCUT2D eigenvalue weighted by atomic mass is 10.1. The minimum atomic E-state index is -0.315. The molecule has 0 spiro atoms. The molecule has 4 rings (SSSR count). The van der Waals surface area contributed by atoms with E-state index in [1.54, 1.807) is 17.8 Å². The zero-order valence-corrected chi connectivity index (χ0v) is 16.0. The number of esters is 1. The van der Waals surface area contributed by atoms with Crippen LogP contribution >= 0.6 is 11.8 Å². The maximum absolute atomic E-state index is 11.7. The number of carbonyl (C=O) groups is 1. The van der Waals surface area contributed by atoms with Crippen molar-refractivity contribution in [2.24, 2.45) is 0 Å². The Labute approximate surface area is 162 Å². The molecule has 0 unspecified atom stereocenters.